The van der Waals surface area contributed by atoms with E-state index >= 15 is 0 Å². The highest BCUT2D eigenvalue weighted by atomic mass is 32.2. The van der Waals surface area contributed by atoms with Crippen LogP contribution in [0.3, 0.4) is 0 Å². The lowest BCUT2D eigenvalue weighted by molar-refractivity contribution is 0.687. The second-order valence-electron chi connectivity index (χ2n) is 3.26. The maximum Gasteiger partial charge on any atom is 0.0497 e. The molecule has 0 fully saturated rings. The van der Waals surface area contributed by atoms with Gasteiger partial charge in [-0.2, -0.15) is 0 Å². The Morgan fingerprint density at radius 2 is 2.07 bits per heavy atom. The molecule has 0 radical (unpaired) electrons. The van der Waals surface area contributed by atoms with Crippen molar-refractivity contribution in [2.75, 3.05) is 5.75 Å². The number of allylic oxidation sites excluding steroid dienone is 1. The van der Waals surface area contributed by atoms with Crippen molar-refractivity contribution in [2.24, 2.45) is 0 Å². The first-order valence-corrected chi connectivity index (χ1v) is 6.38. The van der Waals surface area contributed by atoms with Crippen LogP contribution in [0.4, 0.5) is 0 Å². The summed E-state index contributed by atoms with van der Waals surface area (Å²) in [6.45, 7) is 4.58. The third-order valence-corrected chi connectivity index (χ3v) is 3.44. The van der Waals surface area contributed by atoms with E-state index in [1.54, 1.807) is 0 Å². The molecule has 1 aromatic carbocycles. The minimum absolute atomic E-state index is 0.676. The van der Waals surface area contributed by atoms with Crippen LogP contribution in [0.5, 0.6) is 0 Å². The zero-order valence-corrected chi connectivity index (χ0v) is 10.0. The van der Waals surface area contributed by atoms with E-state index < -0.39 is 10.8 Å². The van der Waals surface area contributed by atoms with Crippen LogP contribution < -0.4 is 5.32 Å². The van der Waals surface area contributed by atoms with Crippen LogP contribution in [0.15, 0.2) is 41.4 Å². The summed E-state index contributed by atoms with van der Waals surface area (Å²) in [5, 5.41) is 3.16. The highest BCUT2D eigenvalue weighted by molar-refractivity contribution is 7.88. The molecule has 0 aromatic heterocycles. The predicted molar refractivity (Wildman–Crippen MR) is 65.7 cm³/mol. The van der Waals surface area contributed by atoms with E-state index in [0.29, 0.717) is 5.75 Å². The van der Waals surface area contributed by atoms with Crippen LogP contribution in [0.2, 0.25) is 0 Å². The van der Waals surface area contributed by atoms with Gasteiger partial charge in [0, 0.05) is 34.2 Å². The van der Waals surface area contributed by atoms with Crippen molar-refractivity contribution in [3.63, 3.8) is 0 Å². The molecule has 1 rings (SSSR count). The molecule has 0 aliphatic heterocycles. The molecule has 1 unspecified atom stereocenters. The topological polar surface area (TPSA) is 29.1 Å². The van der Waals surface area contributed by atoms with Crippen molar-refractivity contribution < 1.29 is 4.21 Å². The van der Waals surface area contributed by atoms with E-state index in [1.165, 1.54) is 5.56 Å². The summed E-state index contributed by atoms with van der Waals surface area (Å²) >= 11 is 0. The van der Waals surface area contributed by atoms with Crippen LogP contribution in [0.25, 0.3) is 0 Å². The van der Waals surface area contributed by atoms with Gasteiger partial charge < -0.3 is 5.32 Å². The Hall–Kier alpha value is -1.09. The normalized spacial score (nSPS) is 13.6. The molecule has 0 saturated heterocycles. The van der Waals surface area contributed by atoms with E-state index in [1.807, 2.05) is 38.2 Å². The fourth-order valence-electron chi connectivity index (χ4n) is 1.20. The highest BCUT2D eigenvalue weighted by Gasteiger charge is 1.97. The first-order chi connectivity index (χ1) is 7.24. The number of nitrogens with one attached hydrogen (secondary N) is 1. The summed E-state index contributed by atoms with van der Waals surface area (Å²) in [4.78, 5) is 0.897. The van der Waals surface area contributed by atoms with Gasteiger partial charge in [-0.05, 0) is 12.5 Å². The molecule has 0 spiro atoms. The molecule has 0 saturated carbocycles. The molecule has 1 aromatic rings. The van der Waals surface area contributed by atoms with Crippen molar-refractivity contribution in [1.82, 2.24) is 5.32 Å². The summed E-state index contributed by atoms with van der Waals surface area (Å²) in [5.41, 5.74) is 1.23. The van der Waals surface area contributed by atoms with Crippen LogP contribution >= 0.6 is 0 Å². The van der Waals surface area contributed by atoms with E-state index in [-0.39, 0.29) is 0 Å². The van der Waals surface area contributed by atoms with Crippen LogP contribution in [0, 0.1) is 0 Å². The van der Waals surface area contributed by atoms with Crippen molar-refractivity contribution in [3.05, 3.63) is 47.0 Å². The molecule has 3 heteroatoms. The van der Waals surface area contributed by atoms with Crippen LogP contribution in [0.1, 0.15) is 19.4 Å². The third kappa shape index (κ3) is 4.30. The first-order valence-electron chi connectivity index (χ1n) is 5.06. The van der Waals surface area contributed by atoms with Gasteiger partial charge in [0.05, 0.1) is 0 Å². The Morgan fingerprint density at radius 1 is 1.40 bits per heavy atom. The monoisotopic (exact) mass is 223 g/mol. The largest absolute Gasteiger partial charge is 0.386 e. The van der Waals surface area contributed by atoms with Crippen molar-refractivity contribution >= 4 is 10.8 Å². The predicted octanol–water partition coefficient (Wildman–Crippen LogP) is 2.41. The molecule has 0 aliphatic carbocycles. The van der Waals surface area contributed by atoms with Crippen molar-refractivity contribution in [1.29, 1.82) is 0 Å². The van der Waals surface area contributed by atoms with E-state index in [4.69, 9.17) is 0 Å². The van der Waals surface area contributed by atoms with Crippen LogP contribution in [-0.2, 0) is 17.3 Å². The molecule has 0 amide bonds. The molecular formula is C12H17NOS. The van der Waals surface area contributed by atoms with Gasteiger partial charge in [0.25, 0.3) is 0 Å². The molecule has 1 atom stereocenters. The molecule has 0 heterocycles. The Morgan fingerprint density at radius 3 is 2.67 bits per heavy atom. The van der Waals surface area contributed by atoms with E-state index in [9.17, 15) is 4.21 Å². The maximum atomic E-state index is 11.4. The van der Waals surface area contributed by atoms with Gasteiger partial charge in [0.1, 0.15) is 0 Å². The van der Waals surface area contributed by atoms with Gasteiger partial charge in [-0.1, -0.05) is 37.3 Å². The zero-order valence-electron chi connectivity index (χ0n) is 9.19. The Balaban J connectivity index is 2.42. The summed E-state index contributed by atoms with van der Waals surface area (Å²) < 4.78 is 11.4. The highest BCUT2D eigenvalue weighted by Crippen LogP contribution is 2.00. The number of benzene rings is 1. The van der Waals surface area contributed by atoms with Gasteiger partial charge in [-0.15, -0.1) is 0 Å². The lowest BCUT2D eigenvalue weighted by Crippen LogP contribution is -2.07. The molecule has 82 valence electrons. The zero-order chi connectivity index (χ0) is 11.1. The minimum Gasteiger partial charge on any atom is -0.386 e. The van der Waals surface area contributed by atoms with Gasteiger partial charge in [-0.25, -0.2) is 0 Å². The minimum atomic E-state index is -0.831. The fraction of sp³-hybridized carbons (Fsp3) is 0.333. The average Bonchev–Trinajstić information content (AvgIpc) is 2.29. The van der Waals surface area contributed by atoms with Crippen molar-refractivity contribution in [2.45, 2.75) is 20.4 Å². The maximum absolute atomic E-state index is 11.4. The summed E-state index contributed by atoms with van der Waals surface area (Å²) in [6, 6.07) is 10.1. The second-order valence-corrected chi connectivity index (χ2v) is 5.17. The Kier molecular flexibility index (Phi) is 5.12. The lowest BCUT2D eigenvalue weighted by atomic mass is 10.2. The molecule has 15 heavy (non-hydrogen) atoms. The number of hydrogen-bond donors (Lipinski definition) is 1. The first kappa shape index (κ1) is 12.0. The van der Waals surface area contributed by atoms with E-state index in [2.05, 4.69) is 17.4 Å². The van der Waals surface area contributed by atoms with Gasteiger partial charge in [0.2, 0.25) is 0 Å². The second kappa shape index (κ2) is 6.40. The van der Waals surface area contributed by atoms with Crippen LogP contribution in [-0.4, -0.2) is 9.96 Å². The summed E-state index contributed by atoms with van der Waals surface area (Å²) in [7, 11) is -0.831. The number of rotatable bonds is 5. The average molecular weight is 223 g/mol. The SMILES string of the molecule is CCS(=O)C(C)=CNCc1ccccc1. The summed E-state index contributed by atoms with van der Waals surface area (Å²) in [5.74, 6) is 0.676. The quantitative estimate of drug-likeness (QED) is 0.830. The fourth-order valence-corrected chi connectivity index (χ4v) is 1.87. The van der Waals surface area contributed by atoms with Gasteiger partial charge in [-0.3, -0.25) is 4.21 Å². The molecular weight excluding hydrogens is 206 g/mol. The molecule has 1 N–H and O–H groups in total. The van der Waals surface area contributed by atoms with E-state index in [0.717, 1.165) is 11.4 Å². The van der Waals surface area contributed by atoms with Gasteiger partial charge >= 0.3 is 0 Å². The molecule has 0 bridgehead atoms. The standard InChI is InChI=1S/C12H17NOS/c1-3-15(14)11(2)9-13-10-12-7-5-4-6-8-12/h4-9,13H,3,10H2,1-2H3. The Bertz CT molecular complexity index is 346. The smallest absolute Gasteiger partial charge is 0.0497 e. The summed E-state index contributed by atoms with van der Waals surface area (Å²) in [6.07, 6.45) is 1.84. The number of hydrogen-bond acceptors (Lipinski definition) is 2. The lowest BCUT2D eigenvalue weighted by Gasteiger charge is -2.03. The molecule has 0 aliphatic rings. The Labute approximate surface area is 93.9 Å². The van der Waals surface area contributed by atoms with Crippen molar-refractivity contribution in [3.8, 4) is 0 Å². The van der Waals surface area contributed by atoms with Gasteiger partial charge in [0.15, 0.2) is 0 Å². The third-order valence-electron chi connectivity index (χ3n) is 2.08. The molecule has 2 nitrogen and oxygen atoms in total.